The summed E-state index contributed by atoms with van der Waals surface area (Å²) in [5.41, 5.74) is -0.650. The van der Waals surface area contributed by atoms with E-state index in [9.17, 15) is 18.5 Å². The zero-order chi connectivity index (χ0) is 11.6. The third kappa shape index (κ3) is 2.22. The molecule has 0 aliphatic carbocycles. The van der Waals surface area contributed by atoms with E-state index in [1.54, 1.807) is 0 Å². The quantitative estimate of drug-likeness (QED) is 0.592. The van der Waals surface area contributed by atoms with Crippen molar-refractivity contribution in [1.82, 2.24) is 0 Å². The van der Waals surface area contributed by atoms with Gasteiger partial charge in [-0.25, -0.2) is 13.6 Å². The maximum absolute atomic E-state index is 11.0. The van der Waals surface area contributed by atoms with Crippen LogP contribution in [-0.4, -0.2) is 20.5 Å². The molecule has 0 atom stereocenters. The number of rotatable bonds is 3. The second kappa shape index (κ2) is 3.83. The summed E-state index contributed by atoms with van der Waals surface area (Å²) in [5.74, 6) is -0.147. The molecule has 0 radical (unpaired) electrons. The summed E-state index contributed by atoms with van der Waals surface area (Å²) in [6, 6.07) is 3.65. The van der Waals surface area contributed by atoms with Crippen LogP contribution in [0.4, 0.5) is 5.69 Å². The number of nitro groups is 1. The Kier molecular flexibility index (Phi) is 2.91. The lowest BCUT2D eigenvalue weighted by Gasteiger charge is -2.04. The minimum Gasteiger partial charge on any atom is -0.490 e. The SMILES string of the molecule is COc1cccc(S(N)(=O)=O)c1[N+](=O)[O-]. The van der Waals surface area contributed by atoms with Gasteiger partial charge >= 0.3 is 5.69 Å². The Hall–Kier alpha value is -1.67. The normalized spacial score (nSPS) is 11.1. The Morgan fingerprint density at radius 1 is 1.47 bits per heavy atom. The highest BCUT2D eigenvalue weighted by atomic mass is 32.2. The standard InChI is InChI=1S/C7H8N2O5S/c1-14-5-3-2-4-6(15(8,12)13)7(5)9(10)11/h2-4H,1H3,(H2,8,12,13). The first-order valence-corrected chi connectivity index (χ1v) is 5.26. The van der Waals surface area contributed by atoms with Gasteiger partial charge in [0.2, 0.25) is 10.0 Å². The zero-order valence-corrected chi connectivity index (χ0v) is 8.52. The van der Waals surface area contributed by atoms with Crippen LogP contribution in [-0.2, 0) is 10.0 Å². The fraction of sp³-hybridized carbons (Fsp3) is 0.143. The van der Waals surface area contributed by atoms with Crippen LogP contribution in [0.5, 0.6) is 5.75 Å². The number of nitro benzene ring substituents is 1. The molecule has 82 valence electrons. The van der Waals surface area contributed by atoms with Crippen LogP contribution in [0.3, 0.4) is 0 Å². The summed E-state index contributed by atoms with van der Waals surface area (Å²) in [4.78, 5) is 9.24. The number of ether oxygens (including phenoxy) is 1. The lowest BCUT2D eigenvalue weighted by Crippen LogP contribution is -2.14. The molecule has 0 saturated carbocycles. The largest absolute Gasteiger partial charge is 0.490 e. The van der Waals surface area contributed by atoms with Crippen molar-refractivity contribution >= 4 is 15.7 Å². The summed E-state index contributed by atoms with van der Waals surface area (Å²) in [5, 5.41) is 15.5. The third-order valence-corrected chi connectivity index (χ3v) is 2.61. The molecule has 0 heterocycles. The number of hydrogen-bond donors (Lipinski definition) is 1. The topological polar surface area (TPSA) is 113 Å². The Bertz CT molecular complexity index is 496. The number of methoxy groups -OCH3 is 1. The predicted molar refractivity (Wildman–Crippen MR) is 51.0 cm³/mol. The molecule has 0 saturated heterocycles. The van der Waals surface area contributed by atoms with E-state index >= 15 is 0 Å². The van der Waals surface area contributed by atoms with E-state index in [2.05, 4.69) is 4.74 Å². The second-order valence-corrected chi connectivity index (χ2v) is 4.14. The molecule has 1 aromatic rings. The van der Waals surface area contributed by atoms with Crippen LogP contribution in [0.1, 0.15) is 0 Å². The minimum atomic E-state index is -4.13. The molecule has 1 aromatic carbocycles. The fourth-order valence-corrected chi connectivity index (χ4v) is 1.79. The molecule has 0 aromatic heterocycles. The average Bonchev–Trinajstić information content (AvgIpc) is 2.15. The van der Waals surface area contributed by atoms with Crippen molar-refractivity contribution in [3.8, 4) is 5.75 Å². The molecule has 0 aliphatic heterocycles. The summed E-state index contributed by atoms with van der Waals surface area (Å²) < 4.78 is 26.8. The van der Waals surface area contributed by atoms with Gasteiger partial charge < -0.3 is 4.74 Å². The molecular formula is C7H8N2O5S. The van der Waals surface area contributed by atoms with Crippen molar-refractivity contribution in [3.63, 3.8) is 0 Å². The molecule has 0 amide bonds. The van der Waals surface area contributed by atoms with Crippen LogP contribution in [0.25, 0.3) is 0 Å². The maximum Gasteiger partial charge on any atom is 0.330 e. The summed E-state index contributed by atoms with van der Waals surface area (Å²) in [6.07, 6.45) is 0. The molecule has 0 unspecified atom stereocenters. The maximum atomic E-state index is 11.0. The van der Waals surface area contributed by atoms with Gasteiger partial charge in [-0.05, 0) is 12.1 Å². The highest BCUT2D eigenvalue weighted by molar-refractivity contribution is 7.89. The number of sulfonamides is 1. The van der Waals surface area contributed by atoms with Crippen LogP contribution in [0.2, 0.25) is 0 Å². The van der Waals surface area contributed by atoms with Crippen LogP contribution in [0, 0.1) is 10.1 Å². The Morgan fingerprint density at radius 2 is 2.07 bits per heavy atom. The smallest absolute Gasteiger partial charge is 0.330 e. The molecule has 0 bridgehead atoms. The van der Waals surface area contributed by atoms with E-state index in [1.165, 1.54) is 19.2 Å². The van der Waals surface area contributed by atoms with Crippen LogP contribution in [0.15, 0.2) is 23.1 Å². The van der Waals surface area contributed by atoms with E-state index in [-0.39, 0.29) is 5.75 Å². The highest BCUT2D eigenvalue weighted by Crippen LogP contribution is 2.32. The minimum absolute atomic E-state index is 0.147. The van der Waals surface area contributed by atoms with Crippen molar-refractivity contribution in [2.45, 2.75) is 4.90 Å². The Morgan fingerprint density at radius 3 is 2.47 bits per heavy atom. The average molecular weight is 232 g/mol. The molecule has 0 fully saturated rings. The number of nitrogens with two attached hydrogens (primary N) is 1. The van der Waals surface area contributed by atoms with Gasteiger partial charge in [0.1, 0.15) is 0 Å². The van der Waals surface area contributed by atoms with E-state index in [1.807, 2.05) is 0 Å². The molecule has 0 aliphatic rings. The van der Waals surface area contributed by atoms with Crippen LogP contribution >= 0.6 is 0 Å². The number of benzene rings is 1. The van der Waals surface area contributed by atoms with E-state index in [4.69, 9.17) is 5.14 Å². The van der Waals surface area contributed by atoms with Gasteiger partial charge in [0.15, 0.2) is 10.6 Å². The Balaban J connectivity index is 3.60. The van der Waals surface area contributed by atoms with E-state index in [0.29, 0.717) is 0 Å². The lowest BCUT2D eigenvalue weighted by atomic mass is 10.3. The van der Waals surface area contributed by atoms with Gasteiger partial charge in [0.25, 0.3) is 0 Å². The fourth-order valence-electron chi connectivity index (χ4n) is 1.08. The zero-order valence-electron chi connectivity index (χ0n) is 7.71. The lowest BCUT2D eigenvalue weighted by molar-refractivity contribution is -0.388. The predicted octanol–water partition coefficient (Wildman–Crippen LogP) is 0.251. The molecule has 8 heteroatoms. The monoisotopic (exact) mass is 232 g/mol. The first-order valence-electron chi connectivity index (χ1n) is 3.72. The van der Waals surface area contributed by atoms with Crippen molar-refractivity contribution in [2.24, 2.45) is 5.14 Å². The molecule has 15 heavy (non-hydrogen) atoms. The molecule has 0 spiro atoms. The van der Waals surface area contributed by atoms with Gasteiger partial charge in [-0.1, -0.05) is 6.07 Å². The van der Waals surface area contributed by atoms with Crippen molar-refractivity contribution < 1.29 is 18.1 Å². The van der Waals surface area contributed by atoms with Crippen molar-refractivity contribution in [3.05, 3.63) is 28.3 Å². The summed E-state index contributed by atoms with van der Waals surface area (Å²) in [6.45, 7) is 0. The van der Waals surface area contributed by atoms with Crippen molar-refractivity contribution in [1.29, 1.82) is 0 Å². The highest BCUT2D eigenvalue weighted by Gasteiger charge is 2.27. The summed E-state index contributed by atoms with van der Waals surface area (Å²) >= 11 is 0. The van der Waals surface area contributed by atoms with Crippen molar-refractivity contribution in [2.75, 3.05) is 7.11 Å². The number of para-hydroxylation sites is 1. The van der Waals surface area contributed by atoms with E-state index < -0.39 is 25.5 Å². The molecule has 7 nitrogen and oxygen atoms in total. The van der Waals surface area contributed by atoms with Gasteiger partial charge in [0, 0.05) is 0 Å². The number of hydrogen-bond acceptors (Lipinski definition) is 5. The Labute approximate surface area is 85.7 Å². The third-order valence-electron chi connectivity index (χ3n) is 1.67. The number of nitrogens with zero attached hydrogens (tertiary/aromatic N) is 1. The van der Waals surface area contributed by atoms with E-state index in [0.717, 1.165) is 6.07 Å². The first kappa shape index (κ1) is 11.4. The molecule has 2 N–H and O–H groups in total. The van der Waals surface area contributed by atoms with Gasteiger partial charge in [-0.15, -0.1) is 0 Å². The molecule has 1 rings (SSSR count). The van der Waals surface area contributed by atoms with Gasteiger partial charge in [-0.2, -0.15) is 0 Å². The van der Waals surface area contributed by atoms with Gasteiger partial charge in [0.05, 0.1) is 12.0 Å². The van der Waals surface area contributed by atoms with Gasteiger partial charge in [-0.3, -0.25) is 10.1 Å². The number of primary sulfonamides is 1. The molecular weight excluding hydrogens is 224 g/mol. The summed E-state index contributed by atoms with van der Waals surface area (Å²) in [7, 11) is -2.93. The second-order valence-electron chi connectivity index (χ2n) is 2.61. The van der Waals surface area contributed by atoms with Crippen LogP contribution < -0.4 is 9.88 Å². The first-order chi connectivity index (χ1) is 6.88.